The molecule has 3 aromatic rings. The molecule has 32 heavy (non-hydrogen) atoms. The van der Waals surface area contributed by atoms with E-state index in [2.05, 4.69) is 5.32 Å². The third kappa shape index (κ3) is 5.78. The summed E-state index contributed by atoms with van der Waals surface area (Å²) >= 11 is 5.87. The molecule has 3 rings (SSSR count). The molecule has 0 atom stereocenters. The molecule has 0 fully saturated rings. The number of hydrogen-bond donors (Lipinski definition) is 1. The number of hydrogen-bond acceptors (Lipinski definition) is 6. The lowest BCUT2D eigenvalue weighted by molar-refractivity contribution is -0.384. The van der Waals surface area contributed by atoms with Crippen LogP contribution in [0.3, 0.4) is 0 Å². The van der Waals surface area contributed by atoms with E-state index < -0.39 is 16.8 Å². The minimum Gasteiger partial charge on any atom is -0.423 e. The Labute approximate surface area is 187 Å². The molecule has 0 saturated heterocycles. The van der Waals surface area contributed by atoms with Crippen molar-refractivity contribution >= 4 is 40.9 Å². The number of ether oxygens (including phenoxy) is 1. The maximum atomic E-state index is 12.3. The van der Waals surface area contributed by atoms with Gasteiger partial charge in [0, 0.05) is 22.8 Å². The largest absolute Gasteiger partial charge is 0.423 e. The van der Waals surface area contributed by atoms with E-state index in [0.29, 0.717) is 21.8 Å². The van der Waals surface area contributed by atoms with Gasteiger partial charge >= 0.3 is 5.97 Å². The van der Waals surface area contributed by atoms with Gasteiger partial charge in [0.15, 0.2) is 0 Å². The average molecular weight is 448 g/mol. The Hall–Kier alpha value is -4.48. The molecule has 158 valence electrons. The highest BCUT2D eigenvalue weighted by molar-refractivity contribution is 6.30. The lowest BCUT2D eigenvalue weighted by atomic mass is 10.1. The minimum absolute atomic E-state index is 0.116. The van der Waals surface area contributed by atoms with Crippen molar-refractivity contribution in [1.29, 1.82) is 5.26 Å². The van der Waals surface area contributed by atoms with E-state index in [1.54, 1.807) is 30.3 Å². The number of halogens is 1. The monoisotopic (exact) mass is 447 g/mol. The van der Waals surface area contributed by atoms with Gasteiger partial charge in [-0.25, -0.2) is 4.79 Å². The number of nitriles is 1. The number of nitrogens with one attached hydrogen (secondary N) is 1. The van der Waals surface area contributed by atoms with Gasteiger partial charge in [0.1, 0.15) is 17.4 Å². The molecular weight excluding hydrogens is 434 g/mol. The number of nitro groups is 1. The summed E-state index contributed by atoms with van der Waals surface area (Å²) in [6, 6.07) is 19.6. The number of esters is 1. The number of non-ortho nitro benzene ring substituents is 1. The van der Waals surface area contributed by atoms with Crippen LogP contribution in [0.5, 0.6) is 5.75 Å². The highest BCUT2D eigenvalue weighted by Crippen LogP contribution is 2.19. The SMILES string of the molecule is N#CC(=Cc1ccc(OC(=O)c2cccc(Cl)c2)cc1)C(=O)Nc1ccc([N+](=O)[O-])cc1. The zero-order chi connectivity index (χ0) is 23.1. The second-order valence-corrected chi connectivity index (χ2v) is 6.83. The smallest absolute Gasteiger partial charge is 0.343 e. The number of carbonyl (C=O) groups excluding carboxylic acids is 2. The van der Waals surface area contributed by atoms with Crippen molar-refractivity contribution in [3.63, 3.8) is 0 Å². The molecule has 1 amide bonds. The van der Waals surface area contributed by atoms with Crippen molar-refractivity contribution in [3.8, 4) is 11.8 Å². The summed E-state index contributed by atoms with van der Waals surface area (Å²) < 4.78 is 5.28. The molecule has 9 heteroatoms. The van der Waals surface area contributed by atoms with E-state index in [9.17, 15) is 25.0 Å². The molecule has 0 unspecified atom stereocenters. The van der Waals surface area contributed by atoms with Gasteiger partial charge in [-0.15, -0.1) is 0 Å². The molecule has 1 N–H and O–H groups in total. The summed E-state index contributed by atoms with van der Waals surface area (Å²) in [5.41, 5.74) is 0.853. The summed E-state index contributed by atoms with van der Waals surface area (Å²) in [5.74, 6) is -0.963. The number of benzene rings is 3. The van der Waals surface area contributed by atoms with Crippen LogP contribution < -0.4 is 10.1 Å². The van der Waals surface area contributed by atoms with E-state index in [1.165, 1.54) is 48.5 Å². The maximum Gasteiger partial charge on any atom is 0.343 e. The molecule has 0 bridgehead atoms. The first-order valence-electron chi connectivity index (χ1n) is 9.11. The first-order valence-corrected chi connectivity index (χ1v) is 9.49. The van der Waals surface area contributed by atoms with Crippen molar-refractivity contribution in [2.75, 3.05) is 5.32 Å². The Kier molecular flexibility index (Phi) is 6.95. The van der Waals surface area contributed by atoms with Crippen LogP contribution in [0.1, 0.15) is 15.9 Å². The third-order valence-electron chi connectivity index (χ3n) is 4.16. The van der Waals surface area contributed by atoms with Crippen molar-refractivity contribution in [2.45, 2.75) is 0 Å². The quantitative estimate of drug-likeness (QED) is 0.141. The highest BCUT2D eigenvalue weighted by atomic mass is 35.5. The number of carbonyl (C=O) groups is 2. The Morgan fingerprint density at radius 3 is 2.34 bits per heavy atom. The summed E-state index contributed by atoms with van der Waals surface area (Å²) in [6.07, 6.45) is 1.36. The molecule has 0 saturated carbocycles. The molecule has 0 radical (unpaired) electrons. The van der Waals surface area contributed by atoms with Gasteiger partial charge in [0.25, 0.3) is 11.6 Å². The third-order valence-corrected chi connectivity index (χ3v) is 4.40. The van der Waals surface area contributed by atoms with Crippen LogP contribution in [0.25, 0.3) is 6.08 Å². The zero-order valence-corrected chi connectivity index (χ0v) is 17.1. The summed E-state index contributed by atoms with van der Waals surface area (Å²) in [4.78, 5) is 34.7. The Balaban J connectivity index is 1.67. The molecule has 0 spiro atoms. The zero-order valence-electron chi connectivity index (χ0n) is 16.3. The summed E-state index contributed by atoms with van der Waals surface area (Å²) in [5, 5.41) is 22.9. The lowest BCUT2D eigenvalue weighted by Gasteiger charge is -2.06. The van der Waals surface area contributed by atoms with Crippen LogP contribution in [0.2, 0.25) is 5.02 Å². The van der Waals surface area contributed by atoms with E-state index in [1.807, 2.05) is 6.07 Å². The average Bonchev–Trinajstić information content (AvgIpc) is 2.78. The molecule has 3 aromatic carbocycles. The Morgan fingerprint density at radius 2 is 1.75 bits per heavy atom. The molecule has 0 aromatic heterocycles. The van der Waals surface area contributed by atoms with Crippen molar-refractivity contribution in [3.05, 3.63) is 105 Å². The summed E-state index contributed by atoms with van der Waals surface area (Å²) in [6.45, 7) is 0. The van der Waals surface area contributed by atoms with Gasteiger partial charge in [-0.2, -0.15) is 5.26 Å². The molecule has 8 nitrogen and oxygen atoms in total. The summed E-state index contributed by atoms with van der Waals surface area (Å²) in [7, 11) is 0. The Morgan fingerprint density at radius 1 is 1.06 bits per heavy atom. The normalized spacial score (nSPS) is 10.7. The van der Waals surface area contributed by atoms with E-state index in [-0.39, 0.29) is 17.0 Å². The molecule has 0 heterocycles. The fraction of sp³-hybridized carbons (Fsp3) is 0. The van der Waals surface area contributed by atoms with Gasteiger partial charge < -0.3 is 10.1 Å². The predicted molar refractivity (Wildman–Crippen MR) is 118 cm³/mol. The number of amides is 1. The molecule has 0 aliphatic heterocycles. The second kappa shape index (κ2) is 10.0. The van der Waals surface area contributed by atoms with Crippen LogP contribution in [0.15, 0.2) is 78.4 Å². The van der Waals surface area contributed by atoms with Gasteiger partial charge in [0.2, 0.25) is 0 Å². The van der Waals surface area contributed by atoms with E-state index in [4.69, 9.17) is 16.3 Å². The van der Waals surface area contributed by atoms with E-state index >= 15 is 0 Å². The number of nitro benzene ring substituents is 1. The molecule has 0 aliphatic rings. The van der Waals surface area contributed by atoms with Crippen LogP contribution in [-0.4, -0.2) is 16.8 Å². The minimum atomic E-state index is -0.669. The van der Waals surface area contributed by atoms with Gasteiger partial charge in [-0.3, -0.25) is 14.9 Å². The van der Waals surface area contributed by atoms with Crippen molar-refractivity contribution in [1.82, 2.24) is 0 Å². The van der Waals surface area contributed by atoms with Crippen LogP contribution >= 0.6 is 11.6 Å². The van der Waals surface area contributed by atoms with Gasteiger partial charge in [-0.05, 0) is 54.1 Å². The Bertz CT molecular complexity index is 1250. The fourth-order valence-electron chi connectivity index (χ4n) is 2.59. The van der Waals surface area contributed by atoms with Crippen molar-refractivity contribution < 1.29 is 19.2 Å². The standard InChI is InChI=1S/C23H14ClN3O5/c24-18-3-1-2-16(13-18)23(29)32-21-10-4-15(5-11-21)12-17(14-25)22(28)26-19-6-8-20(9-7-19)27(30)31/h1-13H,(H,26,28). The topological polar surface area (TPSA) is 122 Å². The van der Waals surface area contributed by atoms with Crippen molar-refractivity contribution in [2.24, 2.45) is 0 Å². The molecule has 0 aliphatic carbocycles. The lowest BCUT2D eigenvalue weighted by Crippen LogP contribution is -2.13. The first kappa shape index (κ1) is 22.2. The number of anilines is 1. The number of nitrogens with zero attached hydrogens (tertiary/aromatic N) is 2. The fourth-order valence-corrected chi connectivity index (χ4v) is 2.78. The van der Waals surface area contributed by atoms with Crippen LogP contribution in [0, 0.1) is 21.4 Å². The maximum absolute atomic E-state index is 12.3. The molecular formula is C23H14ClN3O5. The second-order valence-electron chi connectivity index (χ2n) is 6.40. The van der Waals surface area contributed by atoms with Gasteiger partial charge in [-0.1, -0.05) is 29.8 Å². The van der Waals surface area contributed by atoms with Crippen LogP contribution in [-0.2, 0) is 4.79 Å². The van der Waals surface area contributed by atoms with Gasteiger partial charge in [0.05, 0.1) is 10.5 Å². The van der Waals surface area contributed by atoms with E-state index in [0.717, 1.165) is 0 Å². The number of rotatable bonds is 6. The predicted octanol–water partition coefficient (Wildman–Crippen LogP) is 5.01. The first-order chi connectivity index (χ1) is 15.4. The van der Waals surface area contributed by atoms with Crippen LogP contribution in [0.4, 0.5) is 11.4 Å². The highest BCUT2D eigenvalue weighted by Gasteiger charge is 2.12.